The summed E-state index contributed by atoms with van der Waals surface area (Å²) < 4.78 is 27.7. The van der Waals surface area contributed by atoms with Gasteiger partial charge in [0.1, 0.15) is 0 Å². The molecular formula is C19H27N3O4S2. The summed E-state index contributed by atoms with van der Waals surface area (Å²) in [6.45, 7) is 6.66. The fourth-order valence-electron chi connectivity index (χ4n) is 3.34. The normalized spacial score (nSPS) is 20.9. The molecule has 0 bridgehead atoms. The maximum Gasteiger partial charge on any atom is 0.247 e. The molecule has 1 aromatic carbocycles. The molecule has 1 fully saturated rings. The standard InChI is InChI=1S/C19H27N3O4S2/c1-19(2,3)21-28(25,26)13-8-9-15-14(12-13)20-17(23)16(27-15)18(24)22-10-6-4-5-7-11-22/h8-9,12,16,21H,4-7,10-11H2,1-3H3,(H,20,23)/t16-/m1/s1. The van der Waals surface area contributed by atoms with Crippen LogP contribution >= 0.6 is 11.8 Å². The molecule has 0 unspecified atom stereocenters. The van der Waals surface area contributed by atoms with Gasteiger partial charge in [-0.2, -0.15) is 0 Å². The van der Waals surface area contributed by atoms with Crippen molar-refractivity contribution in [3.63, 3.8) is 0 Å². The highest BCUT2D eigenvalue weighted by molar-refractivity contribution is 8.01. The zero-order valence-electron chi connectivity index (χ0n) is 16.4. The quantitative estimate of drug-likeness (QED) is 0.726. The topological polar surface area (TPSA) is 95.6 Å². The van der Waals surface area contributed by atoms with Gasteiger partial charge in [-0.3, -0.25) is 9.59 Å². The van der Waals surface area contributed by atoms with Crippen molar-refractivity contribution >= 4 is 39.3 Å². The molecule has 2 heterocycles. The van der Waals surface area contributed by atoms with Crippen molar-refractivity contribution in [3.8, 4) is 0 Å². The minimum Gasteiger partial charge on any atom is -0.341 e. The third-order valence-electron chi connectivity index (χ3n) is 4.58. The lowest BCUT2D eigenvalue weighted by Gasteiger charge is -2.29. The van der Waals surface area contributed by atoms with E-state index in [0.29, 0.717) is 23.7 Å². The molecule has 0 radical (unpaired) electrons. The van der Waals surface area contributed by atoms with E-state index in [9.17, 15) is 18.0 Å². The van der Waals surface area contributed by atoms with Gasteiger partial charge in [-0.1, -0.05) is 12.8 Å². The minimum absolute atomic E-state index is 0.0827. The Bertz CT molecular complexity index is 870. The van der Waals surface area contributed by atoms with Crippen LogP contribution in [0, 0.1) is 0 Å². The summed E-state index contributed by atoms with van der Waals surface area (Å²) in [5, 5.41) is 1.89. The second-order valence-electron chi connectivity index (χ2n) is 8.24. The number of nitrogens with zero attached hydrogens (tertiary/aromatic N) is 1. The SMILES string of the molecule is CC(C)(C)NS(=O)(=O)c1ccc2c(c1)NC(=O)[C@H](C(=O)N1CCCCCC1)S2. The maximum atomic E-state index is 12.8. The summed E-state index contributed by atoms with van der Waals surface area (Å²) in [5.74, 6) is -0.564. The molecule has 0 aliphatic carbocycles. The van der Waals surface area contributed by atoms with Crippen molar-refractivity contribution in [1.29, 1.82) is 0 Å². The number of amides is 2. The average Bonchev–Trinajstić information content (AvgIpc) is 2.87. The smallest absolute Gasteiger partial charge is 0.247 e. The number of anilines is 1. The van der Waals surface area contributed by atoms with Crippen LogP contribution in [0.4, 0.5) is 5.69 Å². The second kappa shape index (κ2) is 8.04. The first-order chi connectivity index (χ1) is 13.1. The van der Waals surface area contributed by atoms with Gasteiger partial charge in [0.15, 0.2) is 5.25 Å². The monoisotopic (exact) mass is 425 g/mol. The highest BCUT2D eigenvalue weighted by Crippen LogP contribution is 2.38. The van der Waals surface area contributed by atoms with Gasteiger partial charge in [0, 0.05) is 23.5 Å². The number of nitrogens with one attached hydrogen (secondary N) is 2. The number of benzene rings is 1. The van der Waals surface area contributed by atoms with Crippen LogP contribution in [-0.2, 0) is 19.6 Å². The molecule has 2 N–H and O–H groups in total. The molecule has 2 amide bonds. The molecule has 3 rings (SSSR count). The maximum absolute atomic E-state index is 12.8. The van der Waals surface area contributed by atoms with Gasteiger partial charge in [0.25, 0.3) is 0 Å². The summed E-state index contributed by atoms with van der Waals surface area (Å²) in [6.07, 6.45) is 4.14. The molecule has 1 atom stereocenters. The average molecular weight is 426 g/mol. The number of hydrogen-bond donors (Lipinski definition) is 2. The molecule has 9 heteroatoms. The molecule has 2 aliphatic heterocycles. The van der Waals surface area contributed by atoms with Crippen molar-refractivity contribution in [1.82, 2.24) is 9.62 Å². The van der Waals surface area contributed by atoms with Gasteiger partial charge >= 0.3 is 0 Å². The van der Waals surface area contributed by atoms with Gasteiger partial charge < -0.3 is 10.2 Å². The van der Waals surface area contributed by atoms with E-state index in [1.807, 2.05) is 0 Å². The van der Waals surface area contributed by atoms with Crippen LogP contribution in [0.15, 0.2) is 28.0 Å². The molecule has 0 spiro atoms. The highest BCUT2D eigenvalue weighted by atomic mass is 32.2. The van der Waals surface area contributed by atoms with Gasteiger partial charge in [-0.25, -0.2) is 13.1 Å². The zero-order chi connectivity index (χ0) is 20.5. The van der Waals surface area contributed by atoms with Crippen LogP contribution in [0.2, 0.25) is 0 Å². The number of sulfonamides is 1. The lowest BCUT2D eigenvalue weighted by Crippen LogP contribution is -2.45. The summed E-state index contributed by atoms with van der Waals surface area (Å²) in [7, 11) is -3.71. The molecule has 1 saturated heterocycles. The predicted molar refractivity (Wildman–Crippen MR) is 110 cm³/mol. The van der Waals surface area contributed by atoms with Crippen molar-refractivity contribution < 1.29 is 18.0 Å². The Morgan fingerprint density at radius 2 is 1.82 bits per heavy atom. The van der Waals surface area contributed by atoms with Crippen molar-refractivity contribution in [2.45, 2.75) is 67.0 Å². The van der Waals surface area contributed by atoms with E-state index in [0.717, 1.165) is 25.7 Å². The zero-order valence-corrected chi connectivity index (χ0v) is 18.1. The van der Waals surface area contributed by atoms with Gasteiger partial charge in [-0.05, 0) is 51.8 Å². The lowest BCUT2D eigenvalue weighted by molar-refractivity contribution is -0.133. The number of carbonyl (C=O) groups is 2. The van der Waals surface area contributed by atoms with Crippen molar-refractivity contribution in [2.75, 3.05) is 18.4 Å². The Labute approximate surface area is 170 Å². The third kappa shape index (κ3) is 4.87. The molecule has 0 aromatic heterocycles. The Morgan fingerprint density at radius 1 is 1.18 bits per heavy atom. The van der Waals surface area contributed by atoms with Gasteiger partial charge in [0.05, 0.1) is 10.6 Å². The van der Waals surface area contributed by atoms with Crippen LogP contribution in [0.5, 0.6) is 0 Å². The number of thioether (sulfide) groups is 1. The number of fused-ring (bicyclic) bond motifs is 1. The Hall–Kier alpha value is -1.58. The summed E-state index contributed by atoms with van der Waals surface area (Å²) >= 11 is 1.19. The first-order valence-corrected chi connectivity index (χ1v) is 11.9. The van der Waals surface area contributed by atoms with E-state index in [-0.39, 0.29) is 10.8 Å². The second-order valence-corrected chi connectivity index (χ2v) is 11.1. The molecule has 0 saturated carbocycles. The van der Waals surface area contributed by atoms with E-state index < -0.39 is 26.7 Å². The Balaban J connectivity index is 1.80. The molecule has 154 valence electrons. The minimum atomic E-state index is -3.71. The number of rotatable bonds is 3. The van der Waals surface area contributed by atoms with E-state index in [4.69, 9.17) is 0 Å². The van der Waals surface area contributed by atoms with E-state index in [1.54, 1.807) is 31.7 Å². The van der Waals surface area contributed by atoms with E-state index in [2.05, 4.69) is 10.0 Å². The highest BCUT2D eigenvalue weighted by Gasteiger charge is 2.36. The van der Waals surface area contributed by atoms with Crippen LogP contribution in [0.3, 0.4) is 0 Å². The Kier molecular flexibility index (Phi) is 6.07. The largest absolute Gasteiger partial charge is 0.341 e. The van der Waals surface area contributed by atoms with Crippen molar-refractivity contribution in [3.05, 3.63) is 18.2 Å². The van der Waals surface area contributed by atoms with Crippen LogP contribution < -0.4 is 10.0 Å². The fourth-order valence-corrected chi connectivity index (χ4v) is 5.83. The molecular weight excluding hydrogens is 398 g/mol. The van der Waals surface area contributed by atoms with Gasteiger partial charge in [0.2, 0.25) is 21.8 Å². The first-order valence-electron chi connectivity index (χ1n) is 9.51. The lowest BCUT2D eigenvalue weighted by atomic mass is 10.1. The third-order valence-corrected chi connectivity index (χ3v) is 7.60. The summed E-state index contributed by atoms with van der Waals surface area (Å²) in [5.41, 5.74) is -0.191. The first kappa shape index (κ1) is 21.1. The van der Waals surface area contributed by atoms with Crippen molar-refractivity contribution in [2.24, 2.45) is 0 Å². The van der Waals surface area contributed by atoms with Crippen LogP contribution in [0.25, 0.3) is 0 Å². The van der Waals surface area contributed by atoms with Gasteiger partial charge in [-0.15, -0.1) is 11.8 Å². The fraction of sp³-hybridized carbons (Fsp3) is 0.579. The summed E-state index contributed by atoms with van der Waals surface area (Å²) in [4.78, 5) is 28.0. The number of carbonyl (C=O) groups excluding carboxylic acids is 2. The summed E-state index contributed by atoms with van der Waals surface area (Å²) in [6, 6.07) is 4.60. The molecule has 28 heavy (non-hydrogen) atoms. The Morgan fingerprint density at radius 3 is 2.43 bits per heavy atom. The van der Waals surface area contributed by atoms with E-state index in [1.165, 1.54) is 23.9 Å². The van der Waals surface area contributed by atoms with E-state index >= 15 is 0 Å². The molecule has 7 nitrogen and oxygen atoms in total. The number of likely N-dealkylation sites (tertiary alicyclic amines) is 1. The number of hydrogen-bond acceptors (Lipinski definition) is 5. The molecule has 1 aromatic rings. The predicted octanol–water partition coefficient (Wildman–Crippen LogP) is 2.58. The van der Waals surface area contributed by atoms with Crippen LogP contribution in [0.1, 0.15) is 46.5 Å². The van der Waals surface area contributed by atoms with Crippen LogP contribution in [-0.4, -0.2) is 49.0 Å². The molecule has 2 aliphatic rings.